The molecule has 3 aromatic rings. The molecule has 0 saturated heterocycles. The van der Waals surface area contributed by atoms with Crippen LogP contribution in [0.5, 0.6) is 0 Å². The second-order valence-corrected chi connectivity index (χ2v) is 6.88. The number of rotatable bonds is 7. The zero-order valence-electron chi connectivity index (χ0n) is 14.9. The molecule has 1 fully saturated rings. The second-order valence-electron chi connectivity index (χ2n) is 6.88. The molecule has 3 N–H and O–H groups in total. The Hall–Kier alpha value is -3.15. The molecule has 1 aromatic heterocycles. The number of hydrogen-bond donors (Lipinski definition) is 3. The number of nitrogens with one attached hydrogen (secondary N) is 3. The zero-order valence-corrected chi connectivity index (χ0v) is 14.9. The molecule has 6 nitrogen and oxygen atoms in total. The first kappa shape index (κ1) is 17.3. The van der Waals surface area contributed by atoms with Gasteiger partial charge in [-0.3, -0.25) is 9.59 Å². The number of benzene rings is 2. The fourth-order valence-electron chi connectivity index (χ4n) is 3.44. The smallest absolute Gasteiger partial charge is 0.272 e. The lowest BCUT2D eigenvalue weighted by atomic mass is 10.1. The monoisotopic (exact) mass is 362 g/mol. The molecule has 1 amide bonds. The summed E-state index contributed by atoms with van der Waals surface area (Å²) >= 11 is 0. The van der Waals surface area contributed by atoms with E-state index >= 15 is 0 Å². The van der Waals surface area contributed by atoms with E-state index < -0.39 is 0 Å². The van der Waals surface area contributed by atoms with E-state index in [0.29, 0.717) is 30.2 Å². The Morgan fingerprint density at radius 1 is 1.04 bits per heavy atom. The van der Waals surface area contributed by atoms with E-state index in [1.165, 1.54) is 5.56 Å². The predicted octanol–water partition coefficient (Wildman–Crippen LogP) is 2.65. The lowest BCUT2D eigenvalue weighted by Crippen LogP contribution is -2.27. The van der Waals surface area contributed by atoms with E-state index in [4.69, 9.17) is 0 Å². The average Bonchev–Trinajstić information content (AvgIpc) is 3.51. The van der Waals surface area contributed by atoms with Crippen molar-refractivity contribution in [2.75, 3.05) is 18.4 Å². The summed E-state index contributed by atoms with van der Waals surface area (Å²) in [6.07, 6.45) is 1.71. The Morgan fingerprint density at radius 3 is 2.59 bits per heavy atom. The molecule has 0 bridgehead atoms. The SMILES string of the molecule is O=C(NCCCNc1n[nH]c(=O)c2ccccc12)C1CC1c1ccccc1. The molecule has 0 aliphatic heterocycles. The Morgan fingerprint density at radius 2 is 1.78 bits per heavy atom. The van der Waals surface area contributed by atoms with E-state index in [9.17, 15) is 9.59 Å². The highest BCUT2D eigenvalue weighted by molar-refractivity contribution is 5.90. The van der Waals surface area contributed by atoms with Crippen LogP contribution in [0.4, 0.5) is 5.82 Å². The van der Waals surface area contributed by atoms with Gasteiger partial charge in [0.1, 0.15) is 0 Å². The summed E-state index contributed by atoms with van der Waals surface area (Å²) in [5.74, 6) is 1.26. The van der Waals surface area contributed by atoms with Crippen LogP contribution in [-0.4, -0.2) is 29.2 Å². The Bertz CT molecular complexity index is 1000. The predicted molar refractivity (Wildman–Crippen MR) is 106 cm³/mol. The summed E-state index contributed by atoms with van der Waals surface area (Å²) in [7, 11) is 0. The lowest BCUT2D eigenvalue weighted by molar-refractivity contribution is -0.122. The van der Waals surface area contributed by atoms with Gasteiger partial charge in [0.2, 0.25) is 5.91 Å². The molecule has 4 rings (SSSR count). The van der Waals surface area contributed by atoms with Crippen LogP contribution in [0.1, 0.15) is 24.3 Å². The normalized spacial score (nSPS) is 18.2. The number of H-pyrrole nitrogens is 1. The molecule has 0 radical (unpaired) electrons. The topological polar surface area (TPSA) is 86.9 Å². The number of nitrogens with zero attached hydrogens (tertiary/aromatic N) is 1. The minimum Gasteiger partial charge on any atom is -0.368 e. The lowest BCUT2D eigenvalue weighted by Gasteiger charge is -2.09. The molecular formula is C21H22N4O2. The molecule has 6 heteroatoms. The van der Waals surface area contributed by atoms with Crippen LogP contribution >= 0.6 is 0 Å². The molecule has 1 saturated carbocycles. The fraction of sp³-hybridized carbons (Fsp3) is 0.286. The maximum atomic E-state index is 12.3. The fourth-order valence-corrected chi connectivity index (χ4v) is 3.44. The maximum absolute atomic E-state index is 12.3. The minimum atomic E-state index is -0.194. The van der Waals surface area contributed by atoms with Crippen LogP contribution in [0.2, 0.25) is 0 Å². The average molecular weight is 362 g/mol. The van der Waals surface area contributed by atoms with Gasteiger partial charge in [-0.15, -0.1) is 0 Å². The van der Waals surface area contributed by atoms with E-state index in [1.54, 1.807) is 6.07 Å². The van der Waals surface area contributed by atoms with Crippen LogP contribution in [0.15, 0.2) is 59.4 Å². The quantitative estimate of drug-likeness (QED) is 0.564. The molecule has 2 atom stereocenters. The van der Waals surface area contributed by atoms with Gasteiger partial charge in [-0.1, -0.05) is 48.5 Å². The van der Waals surface area contributed by atoms with Crippen LogP contribution < -0.4 is 16.2 Å². The summed E-state index contributed by atoms with van der Waals surface area (Å²) in [5, 5.41) is 14.3. The number of amides is 1. The number of carbonyl (C=O) groups is 1. The van der Waals surface area contributed by atoms with Gasteiger partial charge in [-0.2, -0.15) is 5.10 Å². The number of fused-ring (bicyclic) bond motifs is 1. The van der Waals surface area contributed by atoms with Crippen molar-refractivity contribution in [2.24, 2.45) is 5.92 Å². The van der Waals surface area contributed by atoms with Gasteiger partial charge >= 0.3 is 0 Å². The van der Waals surface area contributed by atoms with Crippen LogP contribution in [-0.2, 0) is 4.79 Å². The summed E-state index contributed by atoms with van der Waals surface area (Å²) in [6, 6.07) is 17.6. The van der Waals surface area contributed by atoms with Crippen molar-refractivity contribution < 1.29 is 4.79 Å². The van der Waals surface area contributed by atoms with E-state index in [0.717, 1.165) is 18.2 Å². The first-order valence-electron chi connectivity index (χ1n) is 9.28. The zero-order chi connectivity index (χ0) is 18.6. The van der Waals surface area contributed by atoms with Crippen molar-refractivity contribution in [2.45, 2.75) is 18.8 Å². The van der Waals surface area contributed by atoms with Crippen molar-refractivity contribution >= 4 is 22.5 Å². The number of anilines is 1. The summed E-state index contributed by atoms with van der Waals surface area (Å²) in [5.41, 5.74) is 1.05. The van der Waals surface area contributed by atoms with E-state index in [1.807, 2.05) is 36.4 Å². The van der Waals surface area contributed by atoms with Gasteiger partial charge in [0.25, 0.3) is 5.56 Å². The highest BCUT2D eigenvalue weighted by Crippen LogP contribution is 2.47. The number of carbonyl (C=O) groups excluding carboxylic acids is 1. The third kappa shape index (κ3) is 3.84. The molecule has 1 aliphatic rings. The molecule has 27 heavy (non-hydrogen) atoms. The molecule has 1 aliphatic carbocycles. The highest BCUT2D eigenvalue weighted by Gasteiger charge is 2.43. The Labute approximate surface area is 157 Å². The van der Waals surface area contributed by atoms with Crippen molar-refractivity contribution in [3.05, 3.63) is 70.5 Å². The molecule has 1 heterocycles. The summed E-state index contributed by atoms with van der Waals surface area (Å²) in [4.78, 5) is 24.0. The third-order valence-corrected chi connectivity index (χ3v) is 5.00. The second kappa shape index (κ2) is 7.61. The Kier molecular flexibility index (Phi) is 4.87. The number of aromatic amines is 1. The standard InChI is InChI=1S/C21H22N4O2/c26-20(18-13-17(18)14-7-2-1-3-8-14)23-12-6-11-22-19-15-9-4-5-10-16(15)21(27)25-24-19/h1-5,7-10,17-18H,6,11-13H2,(H,22,24)(H,23,26)(H,25,27). The first-order chi connectivity index (χ1) is 13.2. The maximum Gasteiger partial charge on any atom is 0.272 e. The van der Waals surface area contributed by atoms with Crippen molar-refractivity contribution in [3.8, 4) is 0 Å². The van der Waals surface area contributed by atoms with Crippen molar-refractivity contribution in [1.82, 2.24) is 15.5 Å². The van der Waals surface area contributed by atoms with E-state index in [-0.39, 0.29) is 17.4 Å². The van der Waals surface area contributed by atoms with E-state index in [2.05, 4.69) is 33.0 Å². The molecular weight excluding hydrogens is 340 g/mol. The van der Waals surface area contributed by atoms with Gasteiger partial charge in [0.15, 0.2) is 5.82 Å². The van der Waals surface area contributed by atoms with Gasteiger partial charge in [0, 0.05) is 24.4 Å². The number of aromatic nitrogens is 2. The van der Waals surface area contributed by atoms with Crippen LogP contribution in [0.25, 0.3) is 10.8 Å². The van der Waals surface area contributed by atoms with Crippen LogP contribution in [0, 0.1) is 5.92 Å². The molecule has 138 valence electrons. The van der Waals surface area contributed by atoms with Gasteiger partial charge < -0.3 is 10.6 Å². The van der Waals surface area contributed by atoms with Crippen LogP contribution in [0.3, 0.4) is 0 Å². The summed E-state index contributed by atoms with van der Waals surface area (Å²) < 4.78 is 0. The minimum absolute atomic E-state index is 0.102. The Balaban J connectivity index is 1.23. The van der Waals surface area contributed by atoms with Gasteiger partial charge in [0.05, 0.1) is 5.39 Å². The summed E-state index contributed by atoms with van der Waals surface area (Å²) in [6.45, 7) is 1.28. The largest absolute Gasteiger partial charge is 0.368 e. The van der Waals surface area contributed by atoms with Gasteiger partial charge in [-0.25, -0.2) is 5.10 Å². The van der Waals surface area contributed by atoms with Crippen molar-refractivity contribution in [3.63, 3.8) is 0 Å². The molecule has 2 unspecified atom stereocenters. The first-order valence-corrected chi connectivity index (χ1v) is 9.28. The molecule has 2 aromatic carbocycles. The third-order valence-electron chi connectivity index (χ3n) is 5.00. The molecule has 0 spiro atoms. The van der Waals surface area contributed by atoms with Gasteiger partial charge in [-0.05, 0) is 30.4 Å². The van der Waals surface area contributed by atoms with Crippen molar-refractivity contribution in [1.29, 1.82) is 0 Å². The number of hydrogen-bond acceptors (Lipinski definition) is 4. The highest BCUT2D eigenvalue weighted by atomic mass is 16.2.